The number of nitrogens with zero attached hydrogens (tertiary/aromatic N) is 7. The molecule has 6 aromatic rings. The number of aromatic amines is 1. The molecule has 4 aromatic heterocycles. The van der Waals surface area contributed by atoms with Crippen LogP contribution in [0.4, 0.5) is 17.7 Å². The molecular formula is C24H24N10. The maximum atomic E-state index is 4.77. The van der Waals surface area contributed by atoms with Gasteiger partial charge in [0.15, 0.2) is 17.0 Å². The van der Waals surface area contributed by atoms with Crippen LogP contribution in [0.15, 0.2) is 54.9 Å². The van der Waals surface area contributed by atoms with Gasteiger partial charge in [0.1, 0.15) is 5.82 Å². The standard InChI is InChI=1S/C24H24N10/c1-14(2)34-13-26-20-21(25-12-19-27-15-8-4-5-9-16(15)28-19)30-23(31-22(20)34)32-24-29-17-10-6-7-11-18(17)33(24)3/h4-11,13-14H,12H2,1-3H3,(H,27,28)(H2,25,29,30,31,32). The lowest BCUT2D eigenvalue weighted by Crippen LogP contribution is -2.09. The fourth-order valence-corrected chi connectivity index (χ4v) is 4.09. The van der Waals surface area contributed by atoms with Crippen molar-refractivity contribution >= 4 is 50.9 Å². The Balaban J connectivity index is 1.38. The maximum Gasteiger partial charge on any atom is 0.233 e. The van der Waals surface area contributed by atoms with Gasteiger partial charge >= 0.3 is 0 Å². The van der Waals surface area contributed by atoms with E-state index in [4.69, 9.17) is 15.0 Å². The van der Waals surface area contributed by atoms with Crippen molar-refractivity contribution in [3.05, 3.63) is 60.7 Å². The Morgan fingerprint density at radius 3 is 2.53 bits per heavy atom. The second-order valence-corrected chi connectivity index (χ2v) is 8.48. The van der Waals surface area contributed by atoms with Crippen LogP contribution in [0.1, 0.15) is 25.7 Å². The van der Waals surface area contributed by atoms with E-state index in [0.29, 0.717) is 29.8 Å². The van der Waals surface area contributed by atoms with Crippen LogP contribution in [-0.2, 0) is 13.6 Å². The highest BCUT2D eigenvalue weighted by atomic mass is 15.3. The number of nitrogens with one attached hydrogen (secondary N) is 3. The van der Waals surface area contributed by atoms with Gasteiger partial charge in [0.25, 0.3) is 0 Å². The molecule has 0 fully saturated rings. The molecule has 10 heteroatoms. The maximum absolute atomic E-state index is 4.77. The lowest BCUT2D eigenvalue weighted by atomic mass is 10.3. The highest BCUT2D eigenvalue weighted by Gasteiger charge is 2.17. The zero-order valence-corrected chi connectivity index (χ0v) is 19.1. The number of anilines is 3. The van der Waals surface area contributed by atoms with Crippen molar-refractivity contribution in [1.29, 1.82) is 0 Å². The van der Waals surface area contributed by atoms with E-state index in [1.165, 1.54) is 0 Å². The molecule has 170 valence electrons. The van der Waals surface area contributed by atoms with Crippen molar-refractivity contribution < 1.29 is 0 Å². The van der Waals surface area contributed by atoms with Gasteiger partial charge in [-0.25, -0.2) is 15.0 Å². The summed E-state index contributed by atoms with van der Waals surface area (Å²) in [6.45, 7) is 4.67. The molecule has 0 aliphatic rings. The third-order valence-electron chi connectivity index (χ3n) is 5.85. The van der Waals surface area contributed by atoms with Gasteiger partial charge < -0.3 is 19.4 Å². The van der Waals surface area contributed by atoms with Crippen LogP contribution >= 0.6 is 0 Å². The highest BCUT2D eigenvalue weighted by molar-refractivity contribution is 5.85. The Morgan fingerprint density at radius 2 is 1.74 bits per heavy atom. The van der Waals surface area contributed by atoms with Crippen molar-refractivity contribution in [3.63, 3.8) is 0 Å². The molecule has 0 unspecified atom stereocenters. The number of aromatic nitrogens is 8. The Bertz CT molecular complexity index is 1610. The van der Waals surface area contributed by atoms with Gasteiger partial charge in [0.05, 0.1) is 34.9 Å². The number of rotatable bonds is 6. The third kappa shape index (κ3) is 3.40. The van der Waals surface area contributed by atoms with Crippen LogP contribution in [-0.4, -0.2) is 39.0 Å². The number of fused-ring (bicyclic) bond motifs is 3. The van der Waals surface area contributed by atoms with Gasteiger partial charge in [-0.2, -0.15) is 9.97 Å². The summed E-state index contributed by atoms with van der Waals surface area (Å²) in [4.78, 5) is 26.8. The summed E-state index contributed by atoms with van der Waals surface area (Å²) in [7, 11) is 1.97. The quantitative estimate of drug-likeness (QED) is 0.340. The van der Waals surface area contributed by atoms with Gasteiger partial charge in [0.2, 0.25) is 11.9 Å². The smallest absolute Gasteiger partial charge is 0.233 e. The fourth-order valence-electron chi connectivity index (χ4n) is 4.09. The van der Waals surface area contributed by atoms with Crippen molar-refractivity contribution in [2.75, 3.05) is 10.6 Å². The van der Waals surface area contributed by atoms with E-state index in [-0.39, 0.29) is 6.04 Å². The normalized spacial score (nSPS) is 11.8. The molecule has 3 N–H and O–H groups in total. The number of hydrogen-bond donors (Lipinski definition) is 3. The first-order valence-corrected chi connectivity index (χ1v) is 11.2. The monoisotopic (exact) mass is 452 g/mol. The van der Waals surface area contributed by atoms with Crippen LogP contribution in [0.2, 0.25) is 0 Å². The number of para-hydroxylation sites is 4. The topological polar surface area (TPSA) is 114 Å². The molecule has 0 saturated carbocycles. The summed E-state index contributed by atoms with van der Waals surface area (Å²) in [5.41, 5.74) is 5.32. The van der Waals surface area contributed by atoms with E-state index >= 15 is 0 Å². The number of aryl methyl sites for hydroxylation is 1. The van der Waals surface area contributed by atoms with Gasteiger partial charge in [0, 0.05) is 13.1 Å². The molecule has 34 heavy (non-hydrogen) atoms. The number of imidazole rings is 3. The summed E-state index contributed by atoms with van der Waals surface area (Å²) < 4.78 is 4.02. The van der Waals surface area contributed by atoms with E-state index in [1.54, 1.807) is 6.33 Å². The second kappa shape index (κ2) is 7.84. The second-order valence-electron chi connectivity index (χ2n) is 8.48. The molecular weight excluding hydrogens is 428 g/mol. The number of benzene rings is 2. The average molecular weight is 453 g/mol. The lowest BCUT2D eigenvalue weighted by molar-refractivity contribution is 0.613. The summed E-state index contributed by atoms with van der Waals surface area (Å²) in [5.74, 6) is 2.56. The van der Waals surface area contributed by atoms with E-state index in [2.05, 4.69) is 39.4 Å². The SMILES string of the molecule is CC(C)n1cnc2c(NCc3nc4ccccc4[nH]3)nc(Nc3nc4ccccc4n3C)nc21. The highest BCUT2D eigenvalue weighted by Crippen LogP contribution is 2.26. The minimum atomic E-state index is 0.201. The van der Waals surface area contributed by atoms with Crippen LogP contribution < -0.4 is 10.6 Å². The molecule has 0 radical (unpaired) electrons. The van der Waals surface area contributed by atoms with Crippen molar-refractivity contribution in [2.45, 2.75) is 26.4 Å². The lowest BCUT2D eigenvalue weighted by Gasteiger charge is -2.11. The predicted molar refractivity (Wildman–Crippen MR) is 133 cm³/mol. The Morgan fingerprint density at radius 1 is 0.941 bits per heavy atom. The summed E-state index contributed by atoms with van der Waals surface area (Å²) in [5, 5.41) is 6.69. The van der Waals surface area contributed by atoms with Gasteiger partial charge in [-0.1, -0.05) is 24.3 Å². The largest absolute Gasteiger partial charge is 0.361 e. The Labute approximate surface area is 195 Å². The molecule has 4 heterocycles. The molecule has 2 aromatic carbocycles. The van der Waals surface area contributed by atoms with E-state index in [1.807, 2.05) is 64.7 Å². The first-order valence-electron chi connectivity index (χ1n) is 11.2. The molecule has 0 aliphatic carbocycles. The summed E-state index contributed by atoms with van der Waals surface area (Å²) in [6, 6.07) is 16.2. The molecule has 0 amide bonds. The zero-order chi connectivity index (χ0) is 23.2. The van der Waals surface area contributed by atoms with Crippen LogP contribution in [0, 0.1) is 0 Å². The Kier molecular flexibility index (Phi) is 4.65. The summed E-state index contributed by atoms with van der Waals surface area (Å²) >= 11 is 0. The van der Waals surface area contributed by atoms with Gasteiger partial charge in [-0.15, -0.1) is 0 Å². The number of hydrogen-bond acceptors (Lipinski definition) is 7. The van der Waals surface area contributed by atoms with E-state index in [0.717, 1.165) is 33.5 Å². The minimum Gasteiger partial charge on any atom is -0.361 e. The predicted octanol–water partition coefficient (Wildman–Crippen LogP) is 4.53. The van der Waals surface area contributed by atoms with Crippen LogP contribution in [0.25, 0.3) is 33.2 Å². The zero-order valence-electron chi connectivity index (χ0n) is 19.1. The molecule has 0 saturated heterocycles. The minimum absolute atomic E-state index is 0.201. The molecule has 0 aliphatic heterocycles. The van der Waals surface area contributed by atoms with Crippen molar-refractivity contribution in [2.24, 2.45) is 7.05 Å². The molecule has 0 atom stereocenters. The van der Waals surface area contributed by atoms with E-state index < -0.39 is 0 Å². The van der Waals surface area contributed by atoms with Crippen molar-refractivity contribution in [3.8, 4) is 0 Å². The molecule has 6 rings (SSSR count). The summed E-state index contributed by atoms with van der Waals surface area (Å²) in [6.07, 6.45) is 1.80. The number of H-pyrrole nitrogens is 1. The molecule has 10 nitrogen and oxygen atoms in total. The van der Waals surface area contributed by atoms with Gasteiger partial charge in [-0.3, -0.25) is 5.32 Å². The van der Waals surface area contributed by atoms with Crippen molar-refractivity contribution in [1.82, 2.24) is 39.0 Å². The fraction of sp³-hybridized carbons (Fsp3) is 0.208. The van der Waals surface area contributed by atoms with E-state index in [9.17, 15) is 0 Å². The average Bonchev–Trinajstić information content (AvgIpc) is 3.53. The molecule has 0 spiro atoms. The van der Waals surface area contributed by atoms with Crippen LogP contribution in [0.5, 0.6) is 0 Å². The van der Waals surface area contributed by atoms with Gasteiger partial charge in [-0.05, 0) is 38.1 Å². The van der Waals surface area contributed by atoms with Crippen LogP contribution in [0.3, 0.4) is 0 Å². The third-order valence-corrected chi connectivity index (χ3v) is 5.85. The molecule has 0 bridgehead atoms. The first kappa shape index (κ1) is 20.2. The Hall–Kier alpha value is -4.47. The first-order chi connectivity index (χ1) is 16.6.